The zero-order valence-electron chi connectivity index (χ0n) is 12.7. The molecule has 0 aliphatic carbocycles. The van der Waals surface area contributed by atoms with Gasteiger partial charge in [0.2, 0.25) is 0 Å². The van der Waals surface area contributed by atoms with E-state index in [1.165, 1.54) is 25.9 Å². The number of nitrogens with two attached hydrogens (primary N) is 1. The molecule has 1 amide bonds. The van der Waals surface area contributed by atoms with E-state index in [1.54, 1.807) is 12.1 Å². The van der Waals surface area contributed by atoms with Crippen LogP contribution in [0, 0.1) is 0 Å². The lowest BCUT2D eigenvalue weighted by Crippen LogP contribution is -2.45. The van der Waals surface area contributed by atoms with E-state index >= 15 is 0 Å². The third kappa shape index (κ3) is 4.28. The number of piperidine rings is 1. The number of anilines is 1. The fraction of sp³-hybridized carbons (Fsp3) is 0.562. The quantitative estimate of drug-likeness (QED) is 0.838. The minimum atomic E-state index is 0. The van der Waals surface area contributed by atoms with Gasteiger partial charge in [0, 0.05) is 30.4 Å². The molecule has 0 aromatic heterocycles. The summed E-state index contributed by atoms with van der Waals surface area (Å²) in [6, 6.07) is 7.93. The highest BCUT2D eigenvalue weighted by molar-refractivity contribution is 5.94. The van der Waals surface area contributed by atoms with Gasteiger partial charge in [-0.3, -0.25) is 4.79 Å². The molecule has 2 aliphatic heterocycles. The number of amides is 1. The van der Waals surface area contributed by atoms with Crippen LogP contribution in [-0.2, 0) is 0 Å². The maximum atomic E-state index is 12.4. The Labute approximate surface area is 144 Å². The molecule has 6 heteroatoms. The molecule has 124 valence electrons. The zero-order valence-corrected chi connectivity index (χ0v) is 14.4. The normalized spacial score (nSPS) is 19.4. The van der Waals surface area contributed by atoms with Crippen LogP contribution in [0.2, 0.25) is 0 Å². The predicted octanol–water partition coefficient (Wildman–Crippen LogP) is 2.81. The van der Waals surface area contributed by atoms with Gasteiger partial charge < -0.3 is 15.5 Å². The Morgan fingerprint density at radius 1 is 0.955 bits per heavy atom. The molecular formula is C16H25Cl2N3O. The molecule has 0 spiro atoms. The summed E-state index contributed by atoms with van der Waals surface area (Å²) in [5.74, 6) is 0.143. The Hall–Kier alpha value is -0.970. The molecule has 22 heavy (non-hydrogen) atoms. The summed E-state index contributed by atoms with van der Waals surface area (Å²) < 4.78 is 0. The van der Waals surface area contributed by atoms with E-state index in [1.807, 2.05) is 17.0 Å². The Morgan fingerprint density at radius 2 is 1.50 bits per heavy atom. The summed E-state index contributed by atoms with van der Waals surface area (Å²) in [5.41, 5.74) is 7.11. The topological polar surface area (TPSA) is 49.6 Å². The lowest BCUT2D eigenvalue weighted by atomic mass is 10.0. The van der Waals surface area contributed by atoms with Crippen LogP contribution < -0.4 is 5.73 Å². The largest absolute Gasteiger partial charge is 0.399 e. The van der Waals surface area contributed by atoms with Crippen molar-refractivity contribution >= 4 is 36.4 Å². The van der Waals surface area contributed by atoms with Gasteiger partial charge in [0.05, 0.1) is 0 Å². The molecule has 0 atom stereocenters. The number of hydrogen-bond donors (Lipinski definition) is 1. The number of carbonyl (C=O) groups is 1. The molecule has 2 saturated heterocycles. The second-order valence-electron chi connectivity index (χ2n) is 5.89. The van der Waals surface area contributed by atoms with Gasteiger partial charge in [-0.25, -0.2) is 0 Å². The second-order valence-corrected chi connectivity index (χ2v) is 5.89. The average Bonchev–Trinajstić information content (AvgIpc) is 3.02. The average molecular weight is 346 g/mol. The van der Waals surface area contributed by atoms with Crippen LogP contribution >= 0.6 is 24.8 Å². The zero-order chi connectivity index (χ0) is 13.9. The fourth-order valence-corrected chi connectivity index (χ4v) is 3.35. The molecule has 0 bridgehead atoms. The number of rotatable bonds is 2. The van der Waals surface area contributed by atoms with E-state index in [-0.39, 0.29) is 30.7 Å². The number of benzene rings is 1. The number of nitrogen functional groups attached to an aromatic ring is 1. The van der Waals surface area contributed by atoms with Gasteiger partial charge in [-0.2, -0.15) is 0 Å². The molecule has 0 radical (unpaired) electrons. The minimum Gasteiger partial charge on any atom is -0.399 e. The maximum Gasteiger partial charge on any atom is 0.253 e. The van der Waals surface area contributed by atoms with E-state index in [4.69, 9.17) is 5.73 Å². The lowest BCUT2D eigenvalue weighted by molar-refractivity contribution is 0.0644. The van der Waals surface area contributed by atoms with Gasteiger partial charge in [-0.15, -0.1) is 24.8 Å². The van der Waals surface area contributed by atoms with Crippen LogP contribution in [0.1, 0.15) is 36.0 Å². The summed E-state index contributed by atoms with van der Waals surface area (Å²) in [5, 5.41) is 0. The van der Waals surface area contributed by atoms with Gasteiger partial charge >= 0.3 is 0 Å². The smallest absolute Gasteiger partial charge is 0.253 e. The Morgan fingerprint density at radius 3 is 2.05 bits per heavy atom. The Bertz CT molecular complexity index is 467. The molecular weight excluding hydrogens is 321 g/mol. The van der Waals surface area contributed by atoms with E-state index in [0.717, 1.165) is 31.5 Å². The molecule has 2 aliphatic rings. The molecule has 3 rings (SSSR count). The summed E-state index contributed by atoms with van der Waals surface area (Å²) in [6.45, 7) is 4.25. The third-order valence-electron chi connectivity index (χ3n) is 4.57. The Kier molecular flexibility index (Phi) is 7.46. The van der Waals surface area contributed by atoms with Crippen molar-refractivity contribution in [3.8, 4) is 0 Å². The SMILES string of the molecule is Cl.Cl.Nc1ccc(C(=O)N2CCC(N3CCCC3)CC2)cc1. The number of likely N-dealkylation sites (tertiary alicyclic amines) is 2. The standard InChI is InChI=1S/C16H23N3O.2ClH/c17-14-5-3-13(4-6-14)16(20)19-11-7-15(8-12-19)18-9-1-2-10-18;;/h3-6,15H,1-2,7-12,17H2;2*1H. The first kappa shape index (κ1) is 19.1. The summed E-state index contributed by atoms with van der Waals surface area (Å²) in [6.07, 6.45) is 4.90. The molecule has 4 nitrogen and oxygen atoms in total. The van der Waals surface area contributed by atoms with Crippen molar-refractivity contribution in [2.75, 3.05) is 31.9 Å². The molecule has 0 unspecified atom stereocenters. The van der Waals surface area contributed by atoms with Crippen LogP contribution in [0.3, 0.4) is 0 Å². The van der Waals surface area contributed by atoms with Crippen molar-refractivity contribution in [1.29, 1.82) is 0 Å². The van der Waals surface area contributed by atoms with Gasteiger partial charge in [0.1, 0.15) is 0 Å². The Balaban J connectivity index is 0.00000121. The molecule has 0 saturated carbocycles. The molecule has 2 N–H and O–H groups in total. The third-order valence-corrected chi connectivity index (χ3v) is 4.57. The van der Waals surface area contributed by atoms with Crippen LogP contribution in [0.5, 0.6) is 0 Å². The number of halogens is 2. The first-order valence-electron chi connectivity index (χ1n) is 7.63. The highest BCUT2D eigenvalue weighted by Crippen LogP contribution is 2.22. The van der Waals surface area contributed by atoms with Crippen molar-refractivity contribution < 1.29 is 4.79 Å². The summed E-state index contributed by atoms with van der Waals surface area (Å²) >= 11 is 0. The maximum absolute atomic E-state index is 12.4. The van der Waals surface area contributed by atoms with Gasteiger partial charge in [-0.1, -0.05) is 0 Å². The first-order valence-corrected chi connectivity index (χ1v) is 7.63. The van der Waals surface area contributed by atoms with Crippen molar-refractivity contribution in [1.82, 2.24) is 9.80 Å². The van der Waals surface area contributed by atoms with Crippen LogP contribution in [0.25, 0.3) is 0 Å². The lowest BCUT2D eigenvalue weighted by Gasteiger charge is -2.36. The predicted molar refractivity (Wildman–Crippen MR) is 95.1 cm³/mol. The van der Waals surface area contributed by atoms with Crippen molar-refractivity contribution in [3.05, 3.63) is 29.8 Å². The van der Waals surface area contributed by atoms with E-state index < -0.39 is 0 Å². The van der Waals surface area contributed by atoms with Crippen molar-refractivity contribution in [3.63, 3.8) is 0 Å². The first-order chi connectivity index (χ1) is 9.74. The van der Waals surface area contributed by atoms with E-state index in [9.17, 15) is 4.79 Å². The van der Waals surface area contributed by atoms with Gasteiger partial charge in [0.15, 0.2) is 0 Å². The highest BCUT2D eigenvalue weighted by atomic mass is 35.5. The molecule has 1 aromatic carbocycles. The van der Waals surface area contributed by atoms with Crippen LogP contribution in [-0.4, -0.2) is 47.9 Å². The molecule has 2 fully saturated rings. The van der Waals surface area contributed by atoms with Crippen molar-refractivity contribution in [2.45, 2.75) is 31.7 Å². The van der Waals surface area contributed by atoms with Crippen LogP contribution in [0.15, 0.2) is 24.3 Å². The van der Waals surface area contributed by atoms with Crippen LogP contribution in [0.4, 0.5) is 5.69 Å². The van der Waals surface area contributed by atoms with Gasteiger partial charge in [-0.05, 0) is 63.0 Å². The monoisotopic (exact) mass is 345 g/mol. The number of carbonyl (C=O) groups excluding carboxylic acids is 1. The van der Waals surface area contributed by atoms with E-state index in [2.05, 4.69) is 4.90 Å². The molecule has 1 aromatic rings. The van der Waals surface area contributed by atoms with Crippen molar-refractivity contribution in [2.24, 2.45) is 0 Å². The number of hydrogen-bond acceptors (Lipinski definition) is 3. The number of nitrogens with zero attached hydrogens (tertiary/aromatic N) is 2. The second kappa shape index (κ2) is 8.61. The minimum absolute atomic E-state index is 0. The fourth-order valence-electron chi connectivity index (χ4n) is 3.35. The summed E-state index contributed by atoms with van der Waals surface area (Å²) in [4.78, 5) is 17.0. The highest BCUT2D eigenvalue weighted by Gasteiger charge is 2.28. The molecule has 2 heterocycles. The summed E-state index contributed by atoms with van der Waals surface area (Å²) in [7, 11) is 0. The van der Waals surface area contributed by atoms with E-state index in [0.29, 0.717) is 11.7 Å². The van der Waals surface area contributed by atoms with Gasteiger partial charge in [0.25, 0.3) is 5.91 Å².